The number of aromatic nitrogens is 1. The van der Waals surface area contributed by atoms with E-state index in [1.807, 2.05) is 6.92 Å². The number of pyridine rings is 1. The highest BCUT2D eigenvalue weighted by Gasteiger charge is 2.09. The van der Waals surface area contributed by atoms with Crippen LogP contribution in [0.15, 0.2) is 18.5 Å². The van der Waals surface area contributed by atoms with E-state index in [2.05, 4.69) is 9.71 Å². The van der Waals surface area contributed by atoms with Crippen molar-refractivity contribution in [2.24, 2.45) is 0 Å². The molecule has 0 saturated heterocycles. The van der Waals surface area contributed by atoms with Gasteiger partial charge in [-0.1, -0.05) is 0 Å². The van der Waals surface area contributed by atoms with Gasteiger partial charge in [0.15, 0.2) is 0 Å². The first-order valence-corrected chi connectivity index (χ1v) is 7.16. The Morgan fingerprint density at radius 3 is 2.88 bits per heavy atom. The number of rotatable bonds is 6. The largest absolute Gasteiger partial charge is 0.264 e. The summed E-state index contributed by atoms with van der Waals surface area (Å²) >= 11 is 5.45. The first kappa shape index (κ1) is 13.4. The van der Waals surface area contributed by atoms with Crippen molar-refractivity contribution in [3.8, 4) is 0 Å². The number of nitrogens with one attached hydrogen (secondary N) is 1. The van der Waals surface area contributed by atoms with Crippen LogP contribution in [-0.4, -0.2) is 25.0 Å². The van der Waals surface area contributed by atoms with Gasteiger partial charge in [-0.15, -0.1) is 11.6 Å². The lowest BCUT2D eigenvalue weighted by atomic mass is 10.2. The third kappa shape index (κ3) is 4.47. The summed E-state index contributed by atoms with van der Waals surface area (Å²) in [6.45, 7) is 2.20. The zero-order chi connectivity index (χ0) is 12.0. The minimum absolute atomic E-state index is 0.0701. The second kappa shape index (κ2) is 6.18. The van der Waals surface area contributed by atoms with Crippen LogP contribution in [0.3, 0.4) is 0 Å². The molecule has 0 radical (unpaired) electrons. The number of sulfonamides is 1. The molecule has 0 fully saturated rings. The molecular weight excluding hydrogens is 248 g/mol. The number of alkyl halides is 1. The molecule has 0 atom stereocenters. The quantitative estimate of drug-likeness (QED) is 0.790. The summed E-state index contributed by atoms with van der Waals surface area (Å²) < 4.78 is 25.5. The van der Waals surface area contributed by atoms with Crippen molar-refractivity contribution >= 4 is 21.6 Å². The maximum absolute atomic E-state index is 11.5. The van der Waals surface area contributed by atoms with Gasteiger partial charge in [0.05, 0.1) is 5.75 Å². The lowest BCUT2D eigenvalue weighted by molar-refractivity contribution is 0.580. The first-order valence-electron chi connectivity index (χ1n) is 4.98. The standard InChI is InChI=1S/C10H15ClN2O2S/c1-9-7-12-5-3-10(9)8-13-16(14,15)6-2-4-11/h3,5,7,13H,2,4,6,8H2,1H3. The maximum Gasteiger partial charge on any atom is 0.211 e. The molecule has 1 N–H and O–H groups in total. The fourth-order valence-corrected chi connectivity index (χ4v) is 2.54. The smallest absolute Gasteiger partial charge is 0.211 e. The molecular formula is C10H15ClN2O2S. The molecule has 1 rings (SSSR count). The summed E-state index contributed by atoms with van der Waals surface area (Å²) in [5, 5.41) is 0. The van der Waals surface area contributed by atoms with Crippen LogP contribution in [0, 0.1) is 6.92 Å². The van der Waals surface area contributed by atoms with E-state index in [0.717, 1.165) is 11.1 Å². The van der Waals surface area contributed by atoms with Gasteiger partial charge in [0, 0.05) is 24.8 Å². The molecule has 0 spiro atoms. The van der Waals surface area contributed by atoms with E-state index in [1.54, 1.807) is 18.5 Å². The van der Waals surface area contributed by atoms with Gasteiger partial charge < -0.3 is 0 Å². The van der Waals surface area contributed by atoms with Crippen molar-refractivity contribution in [2.75, 3.05) is 11.6 Å². The van der Waals surface area contributed by atoms with Crippen LogP contribution in [0.1, 0.15) is 17.5 Å². The molecule has 0 aliphatic rings. The SMILES string of the molecule is Cc1cnccc1CNS(=O)(=O)CCCCl. The number of hydrogen-bond donors (Lipinski definition) is 1. The second-order valence-corrected chi connectivity index (χ2v) is 5.79. The van der Waals surface area contributed by atoms with Crippen LogP contribution in [0.2, 0.25) is 0 Å². The maximum atomic E-state index is 11.5. The van der Waals surface area contributed by atoms with Gasteiger partial charge in [-0.3, -0.25) is 4.98 Å². The molecule has 6 heteroatoms. The van der Waals surface area contributed by atoms with Gasteiger partial charge in [-0.25, -0.2) is 13.1 Å². The molecule has 0 unspecified atom stereocenters. The van der Waals surface area contributed by atoms with E-state index in [-0.39, 0.29) is 5.75 Å². The molecule has 16 heavy (non-hydrogen) atoms. The number of nitrogens with zero attached hydrogens (tertiary/aromatic N) is 1. The Kier molecular flexibility index (Phi) is 5.18. The average Bonchev–Trinajstić information content (AvgIpc) is 2.26. The zero-order valence-electron chi connectivity index (χ0n) is 9.11. The highest BCUT2D eigenvalue weighted by atomic mass is 35.5. The van der Waals surface area contributed by atoms with E-state index < -0.39 is 10.0 Å². The molecule has 1 aromatic heterocycles. The van der Waals surface area contributed by atoms with Crippen LogP contribution in [0.4, 0.5) is 0 Å². The lowest BCUT2D eigenvalue weighted by Gasteiger charge is -2.07. The van der Waals surface area contributed by atoms with Crippen LogP contribution in [0.25, 0.3) is 0 Å². The Hall–Kier alpha value is -0.650. The van der Waals surface area contributed by atoms with Crippen LogP contribution in [-0.2, 0) is 16.6 Å². The highest BCUT2D eigenvalue weighted by molar-refractivity contribution is 7.89. The van der Waals surface area contributed by atoms with Gasteiger partial charge in [-0.2, -0.15) is 0 Å². The van der Waals surface area contributed by atoms with Crippen molar-refractivity contribution in [2.45, 2.75) is 19.9 Å². The Morgan fingerprint density at radius 2 is 2.25 bits per heavy atom. The molecule has 1 heterocycles. The molecule has 0 bridgehead atoms. The summed E-state index contributed by atoms with van der Waals surface area (Å²) in [5.74, 6) is 0.426. The Balaban J connectivity index is 2.55. The average molecular weight is 263 g/mol. The van der Waals surface area contributed by atoms with Gasteiger partial charge >= 0.3 is 0 Å². The van der Waals surface area contributed by atoms with E-state index in [1.165, 1.54) is 0 Å². The highest BCUT2D eigenvalue weighted by Crippen LogP contribution is 2.05. The van der Waals surface area contributed by atoms with Gasteiger partial charge in [0.25, 0.3) is 0 Å². The fraction of sp³-hybridized carbons (Fsp3) is 0.500. The van der Waals surface area contributed by atoms with Gasteiger partial charge in [-0.05, 0) is 30.5 Å². The predicted molar refractivity (Wildman–Crippen MR) is 64.9 cm³/mol. The zero-order valence-corrected chi connectivity index (χ0v) is 10.7. The monoisotopic (exact) mass is 262 g/mol. The summed E-state index contributed by atoms with van der Waals surface area (Å²) in [5.41, 5.74) is 1.91. The summed E-state index contributed by atoms with van der Waals surface area (Å²) in [7, 11) is -3.21. The molecule has 4 nitrogen and oxygen atoms in total. The molecule has 0 amide bonds. The molecule has 90 valence electrons. The lowest BCUT2D eigenvalue weighted by Crippen LogP contribution is -2.26. The fourth-order valence-electron chi connectivity index (χ4n) is 1.20. The number of aryl methyl sites for hydroxylation is 1. The number of halogens is 1. The Labute approximate surface area is 101 Å². The van der Waals surface area contributed by atoms with Crippen LogP contribution >= 0.6 is 11.6 Å². The van der Waals surface area contributed by atoms with Crippen molar-refractivity contribution in [1.29, 1.82) is 0 Å². The topological polar surface area (TPSA) is 59.1 Å². The minimum atomic E-state index is -3.21. The van der Waals surface area contributed by atoms with Crippen molar-refractivity contribution in [3.63, 3.8) is 0 Å². The van der Waals surface area contributed by atoms with Crippen molar-refractivity contribution < 1.29 is 8.42 Å². The third-order valence-corrected chi connectivity index (χ3v) is 3.84. The minimum Gasteiger partial charge on any atom is -0.264 e. The third-order valence-electron chi connectivity index (χ3n) is 2.17. The van der Waals surface area contributed by atoms with Crippen molar-refractivity contribution in [3.05, 3.63) is 29.6 Å². The van der Waals surface area contributed by atoms with Crippen molar-refractivity contribution in [1.82, 2.24) is 9.71 Å². The number of hydrogen-bond acceptors (Lipinski definition) is 3. The predicted octanol–water partition coefficient (Wildman–Crippen LogP) is 1.44. The molecule has 0 aliphatic carbocycles. The van der Waals surface area contributed by atoms with E-state index in [9.17, 15) is 8.42 Å². The van der Waals surface area contributed by atoms with Crippen LogP contribution < -0.4 is 4.72 Å². The molecule has 0 aliphatic heterocycles. The Morgan fingerprint density at radius 1 is 1.50 bits per heavy atom. The molecule has 1 aromatic rings. The normalized spacial score (nSPS) is 11.6. The van der Waals surface area contributed by atoms with E-state index in [0.29, 0.717) is 18.8 Å². The van der Waals surface area contributed by atoms with E-state index >= 15 is 0 Å². The van der Waals surface area contributed by atoms with E-state index in [4.69, 9.17) is 11.6 Å². The summed E-state index contributed by atoms with van der Waals surface area (Å²) in [4.78, 5) is 3.94. The second-order valence-electron chi connectivity index (χ2n) is 3.48. The molecule has 0 saturated carbocycles. The Bertz CT molecular complexity index is 434. The van der Waals surface area contributed by atoms with Gasteiger partial charge in [0.1, 0.15) is 0 Å². The van der Waals surface area contributed by atoms with Crippen LogP contribution in [0.5, 0.6) is 0 Å². The summed E-state index contributed by atoms with van der Waals surface area (Å²) in [6, 6.07) is 1.80. The van der Waals surface area contributed by atoms with Gasteiger partial charge in [0.2, 0.25) is 10.0 Å². The first-order chi connectivity index (χ1) is 7.55. The molecule has 0 aromatic carbocycles. The summed E-state index contributed by atoms with van der Waals surface area (Å²) in [6.07, 6.45) is 3.82.